The van der Waals surface area contributed by atoms with Gasteiger partial charge in [-0.3, -0.25) is 23.5 Å². The summed E-state index contributed by atoms with van der Waals surface area (Å²) < 4.78 is 42.8. The van der Waals surface area contributed by atoms with Crippen LogP contribution in [0.1, 0.15) is 59.9 Å². The molecule has 18 heteroatoms. The van der Waals surface area contributed by atoms with Crippen LogP contribution in [0.15, 0.2) is 86.0 Å². The number of aromatic nitrogens is 8. The van der Waals surface area contributed by atoms with E-state index in [9.17, 15) is 28.3 Å². The summed E-state index contributed by atoms with van der Waals surface area (Å²) in [6.45, 7) is 3.57. The molecule has 16 nitrogen and oxygen atoms in total. The maximum Gasteiger partial charge on any atom is 0.256 e. The number of hydrogen-bond donors (Lipinski definition) is 3. The number of carbonyl (C=O) groups is 3. The van der Waals surface area contributed by atoms with Gasteiger partial charge in [-0.25, -0.2) is 38.7 Å². The molecular formula is C36H34F2N10O6. The molecule has 278 valence electrons. The third-order valence-electron chi connectivity index (χ3n) is 9.01. The number of ether oxygens (including phenoxy) is 2. The van der Waals surface area contributed by atoms with Gasteiger partial charge in [-0.05, 0) is 37.1 Å². The zero-order valence-electron chi connectivity index (χ0n) is 28.9. The average molecular weight is 741 g/mol. The van der Waals surface area contributed by atoms with Crippen LogP contribution in [0.3, 0.4) is 0 Å². The largest absolute Gasteiger partial charge is 0.387 e. The van der Waals surface area contributed by atoms with Gasteiger partial charge in [0.25, 0.3) is 11.8 Å². The van der Waals surface area contributed by atoms with Gasteiger partial charge in [-0.2, -0.15) is 0 Å². The summed E-state index contributed by atoms with van der Waals surface area (Å²) in [5, 5.41) is 15.3. The standard InChI is InChI=1S/C18H18FN5O3.C18H16FN5O3/c2*1-2-11-14(25)12(19)18(27-11)24-9-22-13-15(20-8-21-16(13)24)23-17(26)10-6-4-3-5-7-10/h3-9,11-12,14,18,25H,2H2,1H3,(H,20,21,23,26);3-9,11-12,18H,2H2,1H3,(H,20,21,23,26)/t11-,12+,14-,18-;11-,12+,18-/m11/s1. The van der Waals surface area contributed by atoms with Gasteiger partial charge in [0.05, 0.1) is 18.8 Å². The van der Waals surface area contributed by atoms with E-state index in [0.717, 1.165) is 0 Å². The molecule has 0 spiro atoms. The lowest BCUT2D eigenvalue weighted by Crippen LogP contribution is -2.27. The number of anilines is 2. The van der Waals surface area contributed by atoms with Crippen molar-refractivity contribution in [3.8, 4) is 0 Å². The highest BCUT2D eigenvalue weighted by Gasteiger charge is 2.46. The highest BCUT2D eigenvalue weighted by Crippen LogP contribution is 2.36. The Morgan fingerprint density at radius 1 is 0.722 bits per heavy atom. The van der Waals surface area contributed by atoms with Crippen molar-refractivity contribution in [2.75, 3.05) is 10.6 Å². The number of carbonyl (C=O) groups excluding carboxylic acids is 3. The second-order valence-electron chi connectivity index (χ2n) is 12.4. The molecular weight excluding hydrogens is 706 g/mol. The van der Waals surface area contributed by atoms with Crippen molar-refractivity contribution >= 4 is 51.6 Å². The molecule has 0 saturated carbocycles. The fourth-order valence-corrected chi connectivity index (χ4v) is 6.19. The molecule has 2 saturated heterocycles. The van der Waals surface area contributed by atoms with E-state index in [1.54, 1.807) is 61.5 Å². The monoisotopic (exact) mass is 740 g/mol. The van der Waals surface area contributed by atoms with E-state index >= 15 is 0 Å². The Morgan fingerprint density at radius 2 is 1.22 bits per heavy atom. The van der Waals surface area contributed by atoms with Gasteiger partial charge in [0, 0.05) is 11.1 Å². The Morgan fingerprint density at radius 3 is 1.67 bits per heavy atom. The number of fused-ring (bicyclic) bond motifs is 2. The number of hydrogen-bond acceptors (Lipinski definition) is 12. The van der Waals surface area contributed by atoms with Crippen LogP contribution in [0, 0.1) is 0 Å². The summed E-state index contributed by atoms with van der Waals surface area (Å²) in [6, 6.07) is 17.3. The highest BCUT2D eigenvalue weighted by molar-refractivity contribution is 6.07. The Kier molecular flexibility index (Phi) is 10.4. The van der Waals surface area contributed by atoms with Crippen LogP contribution in [0.5, 0.6) is 0 Å². The van der Waals surface area contributed by atoms with Crippen LogP contribution < -0.4 is 10.6 Å². The number of benzene rings is 2. The first-order valence-electron chi connectivity index (χ1n) is 17.1. The number of rotatable bonds is 8. The molecule has 7 atom stereocenters. The fourth-order valence-electron chi connectivity index (χ4n) is 6.19. The number of halogens is 2. The lowest BCUT2D eigenvalue weighted by molar-refractivity contribution is -0.125. The van der Waals surface area contributed by atoms with Gasteiger partial charge in [-0.15, -0.1) is 0 Å². The molecule has 8 rings (SSSR count). The SMILES string of the molecule is CC[C@H]1O[C@@H](n2cnc3c(NC(=O)c4ccccc4)ncnc32)[C@@H](F)C1=O.CC[C@H]1O[C@@H](n2cnc3c(NC(=O)c4ccccc4)ncnc32)[C@@H](F)[C@@H]1O. The van der Waals surface area contributed by atoms with Crippen LogP contribution in [-0.2, 0) is 14.3 Å². The van der Waals surface area contributed by atoms with E-state index in [1.807, 2.05) is 13.0 Å². The van der Waals surface area contributed by atoms with Crippen LogP contribution in [0.4, 0.5) is 20.4 Å². The van der Waals surface area contributed by atoms with E-state index in [1.165, 1.54) is 34.4 Å². The maximum absolute atomic E-state index is 14.5. The number of nitrogens with one attached hydrogen (secondary N) is 2. The minimum absolute atomic E-state index is 0.194. The highest BCUT2D eigenvalue weighted by atomic mass is 19.1. The molecule has 2 amide bonds. The first-order valence-corrected chi connectivity index (χ1v) is 17.1. The van der Waals surface area contributed by atoms with Gasteiger partial charge in [0.1, 0.15) is 24.9 Å². The summed E-state index contributed by atoms with van der Waals surface area (Å²) in [5.74, 6) is -0.872. The average Bonchev–Trinajstić information content (AvgIpc) is 3.97. The molecule has 0 unspecified atom stereocenters. The molecule has 0 radical (unpaired) electrons. The number of amides is 2. The number of aliphatic hydroxyl groups is 1. The maximum atomic E-state index is 14.5. The molecule has 2 fully saturated rings. The Bertz CT molecular complexity index is 2290. The topological polar surface area (TPSA) is 201 Å². The summed E-state index contributed by atoms with van der Waals surface area (Å²) in [5.41, 5.74) is 2.11. The first-order chi connectivity index (χ1) is 26.2. The van der Waals surface area contributed by atoms with Gasteiger partial charge in [-0.1, -0.05) is 50.2 Å². The van der Waals surface area contributed by atoms with E-state index in [2.05, 4.69) is 40.5 Å². The van der Waals surface area contributed by atoms with E-state index < -0.39 is 48.9 Å². The number of alkyl halides is 2. The molecule has 6 aromatic rings. The van der Waals surface area contributed by atoms with Gasteiger partial charge < -0.3 is 25.2 Å². The third-order valence-corrected chi connectivity index (χ3v) is 9.01. The molecule has 0 aliphatic carbocycles. The van der Waals surface area contributed by atoms with Crippen molar-refractivity contribution in [3.63, 3.8) is 0 Å². The lowest BCUT2D eigenvalue weighted by atomic mass is 10.1. The Balaban J connectivity index is 0.000000167. The van der Waals surface area contributed by atoms with Gasteiger partial charge >= 0.3 is 0 Å². The molecule has 2 aliphatic heterocycles. The van der Waals surface area contributed by atoms with Gasteiger partial charge in [0.2, 0.25) is 6.17 Å². The number of imidazole rings is 2. The van der Waals surface area contributed by atoms with Gasteiger partial charge in [0.15, 0.2) is 58.4 Å². The third kappa shape index (κ3) is 6.89. The van der Waals surface area contributed by atoms with Crippen LogP contribution >= 0.6 is 0 Å². The van der Waals surface area contributed by atoms with Crippen LogP contribution in [-0.4, -0.2) is 92.4 Å². The molecule has 0 bridgehead atoms. The predicted octanol–water partition coefficient (Wildman–Crippen LogP) is 4.38. The van der Waals surface area contributed by atoms with Crippen molar-refractivity contribution in [1.29, 1.82) is 0 Å². The first kappa shape index (κ1) is 36.3. The molecule has 4 aromatic heterocycles. The summed E-state index contributed by atoms with van der Waals surface area (Å²) in [7, 11) is 0. The normalized spacial score (nSPS) is 23.6. The van der Waals surface area contributed by atoms with Crippen molar-refractivity contribution in [2.24, 2.45) is 0 Å². The smallest absolute Gasteiger partial charge is 0.256 e. The molecule has 3 N–H and O–H groups in total. The molecule has 6 heterocycles. The van der Waals surface area contributed by atoms with Crippen molar-refractivity contribution in [2.45, 2.75) is 69.8 Å². The molecule has 2 aliphatic rings. The Hall–Kier alpha value is -6.11. The molecule has 2 aromatic carbocycles. The zero-order valence-corrected chi connectivity index (χ0v) is 28.9. The van der Waals surface area contributed by atoms with Crippen LogP contribution in [0.25, 0.3) is 22.3 Å². The van der Waals surface area contributed by atoms with E-state index in [0.29, 0.717) is 35.1 Å². The molecule has 54 heavy (non-hydrogen) atoms. The minimum Gasteiger partial charge on any atom is -0.387 e. The summed E-state index contributed by atoms with van der Waals surface area (Å²) in [6.07, 6.45) is -2.11. The van der Waals surface area contributed by atoms with E-state index in [4.69, 9.17) is 9.47 Å². The van der Waals surface area contributed by atoms with Crippen molar-refractivity contribution < 1.29 is 37.7 Å². The summed E-state index contributed by atoms with van der Waals surface area (Å²) >= 11 is 0. The van der Waals surface area contributed by atoms with Crippen LogP contribution in [0.2, 0.25) is 0 Å². The predicted molar refractivity (Wildman–Crippen MR) is 189 cm³/mol. The second kappa shape index (κ2) is 15.5. The Labute approximate surface area is 305 Å². The second-order valence-corrected chi connectivity index (χ2v) is 12.4. The minimum atomic E-state index is -1.80. The number of ketones is 1. The quantitative estimate of drug-likeness (QED) is 0.199. The van der Waals surface area contributed by atoms with Crippen molar-refractivity contribution in [1.82, 2.24) is 39.0 Å². The fraction of sp³-hybridized carbons (Fsp3) is 0.306. The van der Waals surface area contributed by atoms with Crippen molar-refractivity contribution in [3.05, 3.63) is 97.1 Å². The van der Waals surface area contributed by atoms with E-state index in [-0.39, 0.29) is 34.6 Å². The lowest BCUT2D eigenvalue weighted by Gasteiger charge is -2.15. The summed E-state index contributed by atoms with van der Waals surface area (Å²) in [4.78, 5) is 61.5. The zero-order chi connectivity index (χ0) is 37.9. The number of Topliss-reactive ketones (excluding diaryl/α,β-unsaturated/α-hetero) is 1. The number of aliphatic hydroxyl groups excluding tert-OH is 1. The number of nitrogens with zero attached hydrogens (tertiary/aromatic N) is 8.